The Bertz CT molecular complexity index is 778. The average Bonchev–Trinajstić information content (AvgIpc) is 2.72. The van der Waals surface area contributed by atoms with Crippen molar-refractivity contribution in [2.75, 3.05) is 0 Å². The topological polar surface area (TPSA) is 65.0 Å². The standard InChI is InChI=1S/C14H13N3O2/c1-9-7-10(2)14(18)13(8-9)16-15-11-5-3-4-6-12(11)17(16)19/h3-8,18H,1-2H3. The van der Waals surface area contributed by atoms with Crippen LogP contribution in [0.25, 0.3) is 16.7 Å². The van der Waals surface area contributed by atoms with Crippen molar-refractivity contribution in [2.24, 2.45) is 0 Å². The van der Waals surface area contributed by atoms with Gasteiger partial charge in [0, 0.05) is 0 Å². The Morgan fingerprint density at radius 2 is 1.95 bits per heavy atom. The van der Waals surface area contributed by atoms with E-state index in [1.54, 1.807) is 31.2 Å². The van der Waals surface area contributed by atoms with Gasteiger partial charge in [0.2, 0.25) is 11.0 Å². The zero-order valence-electron chi connectivity index (χ0n) is 10.7. The molecule has 1 aromatic heterocycles. The number of para-hydroxylation sites is 1. The van der Waals surface area contributed by atoms with Crippen LogP contribution in [0.2, 0.25) is 0 Å². The van der Waals surface area contributed by atoms with Crippen molar-refractivity contribution in [1.29, 1.82) is 0 Å². The normalized spacial score (nSPS) is 11.1. The summed E-state index contributed by atoms with van der Waals surface area (Å²) >= 11 is 0. The largest absolute Gasteiger partial charge is 0.692 e. The molecule has 3 rings (SSSR count). The predicted octanol–water partition coefficient (Wildman–Crippen LogP) is 1.98. The summed E-state index contributed by atoms with van der Waals surface area (Å²) in [5.74, 6) is 0.0722. The molecule has 0 atom stereocenters. The van der Waals surface area contributed by atoms with Gasteiger partial charge in [0.25, 0.3) is 0 Å². The second-order valence-electron chi connectivity index (χ2n) is 4.60. The monoisotopic (exact) mass is 255 g/mol. The van der Waals surface area contributed by atoms with Crippen LogP contribution in [-0.2, 0) is 0 Å². The van der Waals surface area contributed by atoms with Crippen molar-refractivity contribution < 1.29 is 9.95 Å². The molecule has 1 N–H and O–H groups in total. The molecule has 0 aliphatic carbocycles. The van der Waals surface area contributed by atoms with Crippen molar-refractivity contribution in [3.8, 4) is 11.4 Å². The van der Waals surface area contributed by atoms with E-state index in [4.69, 9.17) is 0 Å². The van der Waals surface area contributed by atoms with Crippen LogP contribution in [0.1, 0.15) is 11.1 Å². The number of phenols is 1. The van der Waals surface area contributed by atoms with Crippen LogP contribution in [0.15, 0.2) is 36.4 Å². The van der Waals surface area contributed by atoms with Crippen molar-refractivity contribution in [2.45, 2.75) is 13.8 Å². The minimum Gasteiger partial charge on any atom is -0.692 e. The van der Waals surface area contributed by atoms with Gasteiger partial charge in [-0.25, -0.2) is 0 Å². The van der Waals surface area contributed by atoms with E-state index in [2.05, 4.69) is 5.10 Å². The number of nitrogens with zero attached hydrogens (tertiary/aromatic N) is 3. The lowest BCUT2D eigenvalue weighted by Crippen LogP contribution is -2.37. The van der Waals surface area contributed by atoms with Crippen molar-refractivity contribution in [3.05, 3.63) is 52.7 Å². The zero-order valence-corrected chi connectivity index (χ0v) is 10.7. The lowest BCUT2D eigenvalue weighted by Gasteiger charge is -2.08. The number of hydrogen-bond donors (Lipinski definition) is 1. The van der Waals surface area contributed by atoms with Crippen molar-refractivity contribution in [1.82, 2.24) is 9.90 Å². The van der Waals surface area contributed by atoms with E-state index in [-0.39, 0.29) is 5.75 Å². The molecule has 0 saturated heterocycles. The summed E-state index contributed by atoms with van der Waals surface area (Å²) in [4.78, 5) is 1.86. The second kappa shape index (κ2) is 3.98. The maximum Gasteiger partial charge on any atom is 0.250 e. The molecule has 0 aliphatic heterocycles. The van der Waals surface area contributed by atoms with E-state index in [0.717, 1.165) is 11.1 Å². The third kappa shape index (κ3) is 1.71. The van der Waals surface area contributed by atoms with Gasteiger partial charge in [-0.15, -0.1) is 4.85 Å². The van der Waals surface area contributed by atoms with Gasteiger partial charge in [0.15, 0.2) is 5.69 Å². The molecule has 96 valence electrons. The summed E-state index contributed by atoms with van der Waals surface area (Å²) in [5.41, 5.74) is 3.14. The predicted molar refractivity (Wildman–Crippen MR) is 71.2 cm³/mol. The number of aromatic hydroxyl groups is 1. The highest BCUT2D eigenvalue weighted by Gasteiger charge is 2.19. The van der Waals surface area contributed by atoms with Crippen LogP contribution in [0.3, 0.4) is 0 Å². The van der Waals surface area contributed by atoms with E-state index in [1.165, 1.54) is 4.80 Å². The van der Waals surface area contributed by atoms with Crippen LogP contribution in [0.4, 0.5) is 0 Å². The van der Waals surface area contributed by atoms with Crippen LogP contribution in [0, 0.1) is 19.1 Å². The number of phenolic OH excluding ortho intramolecular Hbond substituents is 1. The second-order valence-corrected chi connectivity index (χ2v) is 4.60. The van der Waals surface area contributed by atoms with Gasteiger partial charge < -0.3 is 10.3 Å². The Balaban J connectivity index is 2.33. The summed E-state index contributed by atoms with van der Waals surface area (Å²) < 4.78 is 0. The molecule has 0 fully saturated rings. The number of aryl methyl sites for hydroxylation is 2. The van der Waals surface area contributed by atoms with Crippen LogP contribution in [-0.4, -0.2) is 15.0 Å². The van der Waals surface area contributed by atoms with E-state index < -0.39 is 0 Å². The molecule has 0 spiro atoms. The molecule has 0 radical (unpaired) electrons. The summed E-state index contributed by atoms with van der Waals surface area (Å²) in [6.07, 6.45) is 0. The first-order valence-electron chi connectivity index (χ1n) is 5.96. The van der Waals surface area contributed by atoms with Gasteiger partial charge in [0.05, 0.1) is 5.10 Å². The van der Waals surface area contributed by atoms with Crippen LogP contribution >= 0.6 is 0 Å². The van der Waals surface area contributed by atoms with E-state index in [9.17, 15) is 10.3 Å². The highest BCUT2D eigenvalue weighted by molar-refractivity contribution is 5.70. The molecule has 2 aromatic carbocycles. The Morgan fingerprint density at radius 1 is 1.21 bits per heavy atom. The van der Waals surface area contributed by atoms with Gasteiger partial charge in [-0.2, -0.15) is 0 Å². The van der Waals surface area contributed by atoms with Gasteiger partial charge in [0.1, 0.15) is 5.75 Å². The highest BCUT2D eigenvalue weighted by atomic mass is 16.5. The number of rotatable bonds is 1. The van der Waals surface area contributed by atoms with E-state index >= 15 is 0 Å². The third-order valence-electron chi connectivity index (χ3n) is 3.10. The summed E-state index contributed by atoms with van der Waals surface area (Å²) in [7, 11) is 0. The Hall–Kier alpha value is -2.56. The molecule has 0 amide bonds. The van der Waals surface area contributed by atoms with Crippen LogP contribution in [0.5, 0.6) is 5.75 Å². The molecular formula is C14H13N3O2. The molecule has 0 bridgehead atoms. The smallest absolute Gasteiger partial charge is 0.250 e. The Kier molecular flexibility index (Phi) is 2.41. The molecule has 19 heavy (non-hydrogen) atoms. The summed E-state index contributed by atoms with van der Waals surface area (Å²) in [5, 5.41) is 26.6. The minimum atomic E-state index is 0.0722. The molecule has 1 heterocycles. The Morgan fingerprint density at radius 3 is 2.68 bits per heavy atom. The molecule has 3 aromatic rings. The van der Waals surface area contributed by atoms with Crippen LogP contribution < -0.4 is 4.85 Å². The number of hydrogen-bond acceptors (Lipinski definition) is 3. The number of benzene rings is 2. The first-order valence-corrected chi connectivity index (χ1v) is 5.96. The molecule has 0 saturated carbocycles. The molecule has 0 aliphatic rings. The first kappa shape index (κ1) is 11.5. The average molecular weight is 255 g/mol. The fraction of sp³-hybridized carbons (Fsp3) is 0.143. The van der Waals surface area contributed by atoms with E-state index in [0.29, 0.717) is 21.6 Å². The lowest BCUT2D eigenvalue weighted by atomic mass is 10.1. The molecule has 5 heteroatoms. The fourth-order valence-corrected chi connectivity index (χ4v) is 2.20. The number of aromatic nitrogens is 3. The van der Waals surface area contributed by atoms with Crippen molar-refractivity contribution in [3.63, 3.8) is 0 Å². The van der Waals surface area contributed by atoms with E-state index in [1.807, 2.05) is 19.1 Å². The Labute approximate surface area is 109 Å². The van der Waals surface area contributed by atoms with Gasteiger partial charge in [-0.3, -0.25) is 0 Å². The first-order chi connectivity index (χ1) is 9.08. The van der Waals surface area contributed by atoms with Gasteiger partial charge in [-0.05, 0) is 48.0 Å². The molecule has 5 nitrogen and oxygen atoms in total. The zero-order chi connectivity index (χ0) is 13.6. The SMILES string of the molecule is Cc1cc(C)c(O)c(-n2nc3ccccc3[n+]2[O-])c1. The summed E-state index contributed by atoms with van der Waals surface area (Å²) in [6.45, 7) is 3.71. The maximum absolute atomic E-state index is 12.2. The maximum atomic E-state index is 12.2. The fourth-order valence-electron chi connectivity index (χ4n) is 2.20. The van der Waals surface area contributed by atoms with Gasteiger partial charge >= 0.3 is 0 Å². The minimum absolute atomic E-state index is 0.0722. The lowest BCUT2D eigenvalue weighted by molar-refractivity contribution is -0.664. The highest BCUT2D eigenvalue weighted by Crippen LogP contribution is 2.26. The third-order valence-corrected chi connectivity index (χ3v) is 3.10. The summed E-state index contributed by atoms with van der Waals surface area (Å²) in [6, 6.07) is 10.7. The number of fused-ring (bicyclic) bond motifs is 1. The molecule has 0 unspecified atom stereocenters. The quantitative estimate of drug-likeness (QED) is 0.534. The molecular weight excluding hydrogens is 242 g/mol. The van der Waals surface area contributed by atoms with Crippen molar-refractivity contribution >= 4 is 11.0 Å². The van der Waals surface area contributed by atoms with Gasteiger partial charge in [-0.1, -0.05) is 18.2 Å².